The summed E-state index contributed by atoms with van der Waals surface area (Å²) in [5.41, 5.74) is 10.1. The summed E-state index contributed by atoms with van der Waals surface area (Å²) in [5.74, 6) is -0.125. The van der Waals surface area contributed by atoms with Gasteiger partial charge < -0.3 is 10.6 Å². The van der Waals surface area contributed by atoms with Crippen LogP contribution in [0, 0.1) is 6.92 Å². The minimum absolute atomic E-state index is 0.125. The van der Waals surface area contributed by atoms with Gasteiger partial charge >= 0.3 is 0 Å². The Morgan fingerprint density at radius 2 is 2.10 bits per heavy atom. The number of fused-ring (bicyclic) bond motifs is 1. The van der Waals surface area contributed by atoms with E-state index in [0.717, 1.165) is 23.2 Å². The van der Waals surface area contributed by atoms with Crippen LogP contribution in [0.15, 0.2) is 18.2 Å². The lowest BCUT2D eigenvalue weighted by Crippen LogP contribution is -2.28. The molecule has 0 unspecified atom stereocenters. The highest BCUT2D eigenvalue weighted by Crippen LogP contribution is 2.36. The van der Waals surface area contributed by atoms with Gasteiger partial charge in [0.2, 0.25) is 0 Å². The summed E-state index contributed by atoms with van der Waals surface area (Å²) in [7, 11) is 0. The molecular formula is C14H12Cl2N2OS. The molecule has 0 radical (unpaired) electrons. The van der Waals surface area contributed by atoms with Crippen LogP contribution >= 0.6 is 34.5 Å². The summed E-state index contributed by atoms with van der Waals surface area (Å²) in [6.45, 7) is 2.61. The molecule has 2 N–H and O–H groups in total. The molecule has 0 saturated heterocycles. The van der Waals surface area contributed by atoms with Gasteiger partial charge in [-0.3, -0.25) is 4.79 Å². The van der Waals surface area contributed by atoms with Crippen LogP contribution in [0.25, 0.3) is 0 Å². The Hall–Kier alpha value is -1.23. The van der Waals surface area contributed by atoms with Crippen LogP contribution in [0.3, 0.4) is 0 Å². The Balaban J connectivity index is 2.01. The van der Waals surface area contributed by atoms with Gasteiger partial charge in [-0.1, -0.05) is 29.3 Å². The number of hydrogen-bond donors (Lipinski definition) is 1. The average molecular weight is 327 g/mol. The fraction of sp³-hybridized carbons (Fsp3) is 0.214. The van der Waals surface area contributed by atoms with Gasteiger partial charge in [0.15, 0.2) is 0 Å². The maximum Gasteiger partial charge on any atom is 0.260 e. The Kier molecular flexibility index (Phi) is 3.40. The van der Waals surface area contributed by atoms with E-state index in [1.165, 1.54) is 11.3 Å². The number of amides is 1. The molecule has 0 fully saturated rings. The van der Waals surface area contributed by atoms with Crippen LogP contribution in [0.1, 0.15) is 21.5 Å². The van der Waals surface area contributed by atoms with Gasteiger partial charge in [0.05, 0.1) is 9.90 Å². The first-order valence-electron chi connectivity index (χ1n) is 6.13. The lowest BCUT2D eigenvalue weighted by molar-refractivity contribution is 0.0990. The highest BCUT2D eigenvalue weighted by molar-refractivity contribution is 7.20. The number of thiophene rings is 1. The molecule has 6 heteroatoms. The van der Waals surface area contributed by atoms with Gasteiger partial charge in [0, 0.05) is 17.9 Å². The number of benzene rings is 1. The van der Waals surface area contributed by atoms with Crippen molar-refractivity contribution in [1.82, 2.24) is 0 Å². The van der Waals surface area contributed by atoms with E-state index >= 15 is 0 Å². The molecule has 2 aromatic rings. The van der Waals surface area contributed by atoms with Crippen LogP contribution in [0.2, 0.25) is 8.67 Å². The average Bonchev–Trinajstić information content (AvgIpc) is 2.93. The van der Waals surface area contributed by atoms with Crippen molar-refractivity contribution in [1.29, 1.82) is 0 Å². The quantitative estimate of drug-likeness (QED) is 0.800. The zero-order valence-electron chi connectivity index (χ0n) is 10.7. The summed E-state index contributed by atoms with van der Waals surface area (Å²) in [5, 5.41) is 0. The number of nitrogens with zero attached hydrogens (tertiary/aromatic N) is 1. The summed E-state index contributed by atoms with van der Waals surface area (Å²) in [6, 6.07) is 5.52. The molecule has 104 valence electrons. The maximum absolute atomic E-state index is 12.6. The molecule has 1 aromatic heterocycles. The summed E-state index contributed by atoms with van der Waals surface area (Å²) < 4.78 is 0.940. The molecule has 1 aliphatic rings. The van der Waals surface area contributed by atoms with Gasteiger partial charge in [-0.15, -0.1) is 11.3 Å². The molecule has 3 rings (SSSR count). The molecule has 0 atom stereocenters. The number of nitrogens with two attached hydrogens (primary N) is 1. The summed E-state index contributed by atoms with van der Waals surface area (Å²) in [6.07, 6.45) is 0.831. The monoisotopic (exact) mass is 326 g/mol. The van der Waals surface area contributed by atoms with Crippen LogP contribution < -0.4 is 10.6 Å². The Labute approximate surface area is 130 Å². The second-order valence-electron chi connectivity index (χ2n) is 4.78. The molecule has 0 saturated carbocycles. The molecule has 0 bridgehead atoms. The Morgan fingerprint density at radius 3 is 2.75 bits per heavy atom. The van der Waals surface area contributed by atoms with E-state index in [-0.39, 0.29) is 5.91 Å². The molecule has 1 aliphatic heterocycles. The molecule has 2 heterocycles. The van der Waals surface area contributed by atoms with Crippen LogP contribution in [-0.2, 0) is 6.42 Å². The number of aryl methyl sites for hydroxylation is 1. The van der Waals surface area contributed by atoms with Crippen LogP contribution in [0.5, 0.6) is 0 Å². The van der Waals surface area contributed by atoms with E-state index in [1.807, 2.05) is 19.1 Å². The molecule has 20 heavy (non-hydrogen) atoms. The molecule has 0 aliphatic carbocycles. The predicted octanol–water partition coefficient (Wildman–Crippen LogP) is 4.15. The Morgan fingerprint density at radius 1 is 1.35 bits per heavy atom. The van der Waals surface area contributed by atoms with Crippen molar-refractivity contribution in [2.45, 2.75) is 13.3 Å². The van der Waals surface area contributed by atoms with Gasteiger partial charge in [-0.25, -0.2) is 0 Å². The third-order valence-electron chi connectivity index (χ3n) is 3.50. The largest absolute Gasteiger partial charge is 0.398 e. The molecule has 1 aromatic carbocycles. The zero-order chi connectivity index (χ0) is 14.4. The molecule has 3 nitrogen and oxygen atoms in total. The number of nitrogen functional groups attached to an aromatic ring is 1. The van der Waals surface area contributed by atoms with Crippen molar-refractivity contribution in [3.05, 3.63) is 43.6 Å². The summed E-state index contributed by atoms with van der Waals surface area (Å²) in [4.78, 5) is 14.3. The number of carbonyl (C=O) groups excluding carboxylic acids is 1. The smallest absolute Gasteiger partial charge is 0.260 e. The normalized spacial score (nSPS) is 13.7. The van der Waals surface area contributed by atoms with Gasteiger partial charge in [-0.2, -0.15) is 0 Å². The van der Waals surface area contributed by atoms with Gasteiger partial charge in [-0.05, 0) is 36.6 Å². The lowest BCUT2D eigenvalue weighted by atomic mass is 10.1. The van der Waals surface area contributed by atoms with E-state index in [4.69, 9.17) is 28.9 Å². The van der Waals surface area contributed by atoms with Gasteiger partial charge in [0.25, 0.3) is 5.91 Å². The zero-order valence-corrected chi connectivity index (χ0v) is 13.1. The van der Waals surface area contributed by atoms with Crippen molar-refractivity contribution in [2.24, 2.45) is 0 Å². The summed E-state index contributed by atoms with van der Waals surface area (Å²) >= 11 is 13.2. The molecule has 0 spiro atoms. The van der Waals surface area contributed by atoms with E-state index in [9.17, 15) is 4.79 Å². The van der Waals surface area contributed by atoms with Crippen molar-refractivity contribution < 1.29 is 4.79 Å². The highest BCUT2D eigenvalue weighted by atomic mass is 35.5. The fourth-order valence-corrected chi connectivity index (χ4v) is 3.87. The first kappa shape index (κ1) is 13.7. The second kappa shape index (κ2) is 4.95. The minimum atomic E-state index is -0.125. The molecular weight excluding hydrogens is 315 g/mol. The van der Waals surface area contributed by atoms with Crippen molar-refractivity contribution in [3.63, 3.8) is 0 Å². The third kappa shape index (κ3) is 2.18. The predicted molar refractivity (Wildman–Crippen MR) is 85.3 cm³/mol. The first-order valence-corrected chi connectivity index (χ1v) is 7.70. The van der Waals surface area contributed by atoms with Crippen molar-refractivity contribution in [2.75, 3.05) is 17.2 Å². The number of anilines is 2. The number of rotatable bonds is 1. The number of carbonyl (C=O) groups is 1. The van der Waals surface area contributed by atoms with E-state index in [0.29, 0.717) is 26.5 Å². The number of halogens is 2. The molecule has 1 amide bonds. The fourth-order valence-electron chi connectivity index (χ4n) is 2.42. The Bertz CT molecular complexity index is 711. The second-order valence-corrected chi connectivity index (χ2v) is 7.07. The van der Waals surface area contributed by atoms with Crippen molar-refractivity contribution >= 4 is 51.8 Å². The maximum atomic E-state index is 12.6. The van der Waals surface area contributed by atoms with E-state index in [2.05, 4.69) is 0 Å². The highest BCUT2D eigenvalue weighted by Gasteiger charge is 2.28. The van der Waals surface area contributed by atoms with Crippen molar-refractivity contribution in [3.8, 4) is 0 Å². The SMILES string of the molecule is Cc1cc2c(cc1N)N(C(=O)c1cc(Cl)sc1Cl)CC2. The minimum Gasteiger partial charge on any atom is -0.398 e. The van der Waals surface area contributed by atoms with E-state index in [1.54, 1.807) is 11.0 Å². The number of hydrogen-bond acceptors (Lipinski definition) is 3. The topological polar surface area (TPSA) is 46.3 Å². The lowest BCUT2D eigenvalue weighted by Gasteiger charge is -2.17. The van der Waals surface area contributed by atoms with Crippen LogP contribution in [0.4, 0.5) is 11.4 Å². The van der Waals surface area contributed by atoms with Gasteiger partial charge in [0.1, 0.15) is 4.34 Å². The van der Waals surface area contributed by atoms with E-state index < -0.39 is 0 Å². The standard InChI is InChI=1S/C14H12Cl2N2OS/c1-7-4-8-2-3-18(11(8)6-10(7)17)14(19)9-5-12(15)20-13(9)16/h4-6H,2-3,17H2,1H3. The van der Waals surface area contributed by atoms with Crippen LogP contribution in [-0.4, -0.2) is 12.5 Å². The first-order chi connectivity index (χ1) is 9.47. The third-order valence-corrected chi connectivity index (χ3v) is 4.98.